The fraction of sp³-hybridized carbons (Fsp3) is 0.133. The van der Waals surface area contributed by atoms with Crippen LogP contribution in [0.3, 0.4) is 0 Å². The summed E-state index contributed by atoms with van der Waals surface area (Å²) in [7, 11) is 0. The molecule has 0 saturated heterocycles. The van der Waals surface area contributed by atoms with Crippen molar-refractivity contribution < 1.29 is 9.90 Å². The number of aliphatic carboxylic acids is 1. The molecule has 2 aromatic carbocycles. The van der Waals surface area contributed by atoms with E-state index >= 15 is 0 Å². The maximum atomic E-state index is 11.4. The van der Waals surface area contributed by atoms with E-state index in [4.69, 9.17) is 0 Å². The second-order valence-corrected chi connectivity index (χ2v) is 4.45. The molecule has 1 N–H and O–H groups in total. The van der Waals surface area contributed by atoms with Gasteiger partial charge in [-0.1, -0.05) is 48.0 Å². The van der Waals surface area contributed by atoms with E-state index in [9.17, 15) is 9.90 Å². The maximum Gasteiger partial charge on any atom is 0.315 e. The Morgan fingerprint density at radius 2 is 1.76 bits per heavy atom. The van der Waals surface area contributed by atoms with Gasteiger partial charge in [0.2, 0.25) is 0 Å². The number of hydrogen-bond acceptors (Lipinski definition) is 1. The monoisotopic (exact) mass is 224 g/mol. The van der Waals surface area contributed by atoms with Gasteiger partial charge in [-0.2, -0.15) is 0 Å². The maximum absolute atomic E-state index is 11.4. The van der Waals surface area contributed by atoms with Crippen LogP contribution in [0.4, 0.5) is 0 Å². The number of carbonyl (C=O) groups is 1. The minimum Gasteiger partial charge on any atom is -0.481 e. The minimum absolute atomic E-state index is 0.512. The molecule has 0 aliphatic heterocycles. The molecule has 0 heterocycles. The van der Waals surface area contributed by atoms with Crippen molar-refractivity contribution in [2.45, 2.75) is 12.8 Å². The Bertz CT molecular complexity index is 614. The highest BCUT2D eigenvalue weighted by atomic mass is 16.4. The van der Waals surface area contributed by atoms with Gasteiger partial charge >= 0.3 is 5.97 Å². The molecule has 0 bridgehead atoms. The predicted octanol–water partition coefficient (Wildman–Crippen LogP) is 3.19. The van der Waals surface area contributed by atoms with E-state index in [2.05, 4.69) is 6.07 Å². The van der Waals surface area contributed by atoms with Crippen LogP contribution in [0.2, 0.25) is 0 Å². The van der Waals surface area contributed by atoms with E-state index in [0.717, 1.165) is 27.8 Å². The summed E-state index contributed by atoms with van der Waals surface area (Å²) in [4.78, 5) is 11.4. The van der Waals surface area contributed by atoms with Gasteiger partial charge in [0.1, 0.15) is 5.92 Å². The molecule has 1 aliphatic rings. The lowest BCUT2D eigenvalue weighted by atomic mass is 9.97. The number of aryl methyl sites for hydroxylation is 1. The van der Waals surface area contributed by atoms with Gasteiger partial charge in [-0.05, 0) is 29.2 Å². The summed E-state index contributed by atoms with van der Waals surface area (Å²) < 4.78 is 0. The van der Waals surface area contributed by atoms with Crippen molar-refractivity contribution in [2.75, 3.05) is 0 Å². The number of carboxylic acid groups (broad SMARTS) is 1. The van der Waals surface area contributed by atoms with Crippen molar-refractivity contribution in [3.63, 3.8) is 0 Å². The topological polar surface area (TPSA) is 37.3 Å². The van der Waals surface area contributed by atoms with Crippen LogP contribution in [-0.4, -0.2) is 11.1 Å². The molecule has 2 aromatic rings. The zero-order chi connectivity index (χ0) is 12.0. The molecular formula is C15H12O2. The summed E-state index contributed by atoms with van der Waals surface area (Å²) in [5.74, 6) is -1.29. The van der Waals surface area contributed by atoms with Crippen molar-refractivity contribution in [1.82, 2.24) is 0 Å². The van der Waals surface area contributed by atoms with Gasteiger partial charge in [0.25, 0.3) is 0 Å². The highest BCUT2D eigenvalue weighted by Crippen LogP contribution is 2.44. The van der Waals surface area contributed by atoms with Crippen LogP contribution >= 0.6 is 0 Å². The van der Waals surface area contributed by atoms with Crippen LogP contribution in [0.15, 0.2) is 42.5 Å². The van der Waals surface area contributed by atoms with Gasteiger partial charge in [-0.3, -0.25) is 4.79 Å². The van der Waals surface area contributed by atoms with Crippen molar-refractivity contribution in [3.05, 3.63) is 59.2 Å². The molecule has 2 heteroatoms. The molecule has 0 spiro atoms. The third-order valence-corrected chi connectivity index (χ3v) is 3.33. The average Bonchev–Trinajstić information content (AvgIpc) is 2.63. The zero-order valence-electron chi connectivity index (χ0n) is 9.47. The van der Waals surface area contributed by atoms with Gasteiger partial charge in [0.05, 0.1) is 0 Å². The number of hydrogen-bond donors (Lipinski definition) is 1. The Morgan fingerprint density at radius 1 is 1.06 bits per heavy atom. The second-order valence-electron chi connectivity index (χ2n) is 4.45. The number of benzene rings is 2. The lowest BCUT2D eigenvalue weighted by molar-refractivity contribution is -0.137. The van der Waals surface area contributed by atoms with Crippen LogP contribution in [0, 0.1) is 6.92 Å². The normalized spacial score (nSPS) is 16.4. The summed E-state index contributed by atoms with van der Waals surface area (Å²) in [6.45, 7) is 2.02. The Morgan fingerprint density at radius 3 is 2.53 bits per heavy atom. The standard InChI is InChI=1S/C15H12O2/c1-9-6-7-12-13(8-9)10-4-2-3-5-11(10)14(12)15(16)17/h2-8,14H,1H3,(H,16,17)/t14-/m0/s1. The fourth-order valence-corrected chi connectivity index (χ4v) is 2.58. The molecule has 1 atom stereocenters. The molecule has 84 valence electrons. The molecule has 0 aromatic heterocycles. The van der Waals surface area contributed by atoms with Crippen LogP contribution < -0.4 is 0 Å². The van der Waals surface area contributed by atoms with E-state index < -0.39 is 11.9 Å². The number of fused-ring (bicyclic) bond motifs is 3. The molecule has 0 unspecified atom stereocenters. The fourth-order valence-electron chi connectivity index (χ4n) is 2.58. The highest BCUT2D eigenvalue weighted by molar-refractivity contribution is 5.92. The van der Waals surface area contributed by atoms with Gasteiger partial charge in [0, 0.05) is 0 Å². The lowest BCUT2D eigenvalue weighted by Crippen LogP contribution is -2.09. The van der Waals surface area contributed by atoms with E-state index in [1.165, 1.54) is 0 Å². The quantitative estimate of drug-likeness (QED) is 0.807. The first-order chi connectivity index (χ1) is 8.18. The zero-order valence-corrected chi connectivity index (χ0v) is 9.47. The Labute approximate surface area is 99.5 Å². The molecule has 0 radical (unpaired) electrons. The van der Waals surface area contributed by atoms with Crippen LogP contribution in [0.25, 0.3) is 11.1 Å². The van der Waals surface area contributed by atoms with Crippen molar-refractivity contribution >= 4 is 5.97 Å². The summed E-state index contributed by atoms with van der Waals surface area (Å²) in [5, 5.41) is 9.38. The first-order valence-corrected chi connectivity index (χ1v) is 5.61. The molecule has 1 aliphatic carbocycles. The van der Waals surface area contributed by atoms with E-state index in [1.807, 2.05) is 43.3 Å². The third kappa shape index (κ3) is 1.37. The van der Waals surface area contributed by atoms with Crippen molar-refractivity contribution in [3.8, 4) is 11.1 Å². The summed E-state index contributed by atoms with van der Waals surface area (Å²) in [6.07, 6.45) is 0. The van der Waals surface area contributed by atoms with Gasteiger partial charge < -0.3 is 5.11 Å². The minimum atomic E-state index is -0.778. The Kier molecular flexibility index (Phi) is 2.05. The van der Waals surface area contributed by atoms with Gasteiger partial charge in [-0.15, -0.1) is 0 Å². The Balaban J connectivity index is 2.34. The van der Waals surface area contributed by atoms with Gasteiger partial charge in [0.15, 0.2) is 0 Å². The molecule has 2 nitrogen and oxygen atoms in total. The second kappa shape index (κ2) is 3.45. The first kappa shape index (κ1) is 10.1. The SMILES string of the molecule is Cc1ccc2c(c1)-c1ccccc1[C@@H]2C(=O)O. The number of rotatable bonds is 1. The van der Waals surface area contributed by atoms with E-state index in [0.29, 0.717) is 0 Å². The molecule has 3 rings (SSSR count). The Hall–Kier alpha value is -2.09. The summed E-state index contributed by atoms with van der Waals surface area (Å²) >= 11 is 0. The molecule has 17 heavy (non-hydrogen) atoms. The van der Waals surface area contributed by atoms with E-state index in [-0.39, 0.29) is 0 Å². The molecule has 0 saturated carbocycles. The molecule has 0 amide bonds. The third-order valence-electron chi connectivity index (χ3n) is 3.33. The van der Waals surface area contributed by atoms with Crippen LogP contribution in [-0.2, 0) is 4.79 Å². The summed E-state index contributed by atoms with van der Waals surface area (Å²) in [5.41, 5.74) is 5.08. The molecule has 0 fully saturated rings. The van der Waals surface area contributed by atoms with Gasteiger partial charge in [-0.25, -0.2) is 0 Å². The van der Waals surface area contributed by atoms with Crippen molar-refractivity contribution in [2.24, 2.45) is 0 Å². The summed E-state index contributed by atoms with van der Waals surface area (Å²) in [6, 6.07) is 13.7. The van der Waals surface area contributed by atoms with Crippen LogP contribution in [0.5, 0.6) is 0 Å². The predicted molar refractivity (Wildman–Crippen MR) is 66.1 cm³/mol. The smallest absolute Gasteiger partial charge is 0.315 e. The van der Waals surface area contributed by atoms with E-state index in [1.54, 1.807) is 0 Å². The highest BCUT2D eigenvalue weighted by Gasteiger charge is 2.33. The van der Waals surface area contributed by atoms with Crippen LogP contribution in [0.1, 0.15) is 22.6 Å². The van der Waals surface area contributed by atoms with Crippen molar-refractivity contribution in [1.29, 1.82) is 0 Å². The average molecular weight is 224 g/mol. The first-order valence-electron chi connectivity index (χ1n) is 5.61. The number of carboxylic acids is 1. The lowest BCUT2D eigenvalue weighted by Gasteiger charge is -2.07. The largest absolute Gasteiger partial charge is 0.481 e. The molecular weight excluding hydrogens is 212 g/mol.